The Balaban J connectivity index is 1.79. The van der Waals surface area contributed by atoms with Crippen LogP contribution in [0.15, 0.2) is 33.9 Å². The van der Waals surface area contributed by atoms with Crippen LogP contribution in [0.2, 0.25) is 5.02 Å². The van der Waals surface area contributed by atoms with Gasteiger partial charge in [-0.05, 0) is 12.1 Å². The smallest absolute Gasteiger partial charge is 0.276 e. The summed E-state index contributed by atoms with van der Waals surface area (Å²) in [5, 5.41) is 9.23. The number of nitrogens with zero attached hydrogens (tertiary/aromatic N) is 2. The van der Waals surface area contributed by atoms with Gasteiger partial charge in [-0.25, -0.2) is 0 Å². The van der Waals surface area contributed by atoms with Gasteiger partial charge in [0.2, 0.25) is 5.89 Å². The highest BCUT2D eigenvalue weighted by Gasteiger charge is 2.21. The first-order valence-electron chi connectivity index (χ1n) is 6.31. The fraction of sp³-hybridized carbons (Fsp3) is 0.429. The Kier molecular flexibility index (Phi) is 4.94. The van der Waals surface area contributed by atoms with E-state index in [9.17, 15) is 0 Å². The monoisotopic (exact) mass is 312 g/mol. The molecule has 1 heterocycles. The molecule has 4 nitrogen and oxygen atoms in total. The molecule has 0 saturated heterocycles. The van der Waals surface area contributed by atoms with Crippen molar-refractivity contribution in [1.82, 2.24) is 10.2 Å². The van der Waals surface area contributed by atoms with Crippen LogP contribution >= 0.6 is 23.4 Å². The van der Waals surface area contributed by atoms with Crippen molar-refractivity contribution in [2.45, 2.75) is 31.4 Å². The molecule has 0 atom stereocenters. The van der Waals surface area contributed by atoms with Crippen molar-refractivity contribution in [3.63, 3.8) is 0 Å². The quantitative estimate of drug-likeness (QED) is 0.612. The van der Waals surface area contributed by atoms with Crippen molar-refractivity contribution < 1.29 is 9.15 Å². The first-order chi connectivity index (χ1) is 9.47. The number of ether oxygens (including phenoxy) is 1. The van der Waals surface area contributed by atoms with Crippen molar-refractivity contribution in [3.8, 4) is 5.75 Å². The van der Waals surface area contributed by atoms with Crippen LogP contribution in [-0.4, -0.2) is 22.6 Å². The molecule has 0 spiro atoms. The average molecular weight is 313 g/mol. The summed E-state index contributed by atoms with van der Waals surface area (Å²) in [5.41, 5.74) is -0.125. The van der Waals surface area contributed by atoms with Gasteiger partial charge in [-0.2, -0.15) is 0 Å². The number of aromatic nitrogens is 2. The highest BCUT2D eigenvalue weighted by Crippen LogP contribution is 2.26. The lowest BCUT2D eigenvalue weighted by molar-refractivity contribution is 0.338. The fourth-order valence-electron chi connectivity index (χ4n) is 1.41. The summed E-state index contributed by atoms with van der Waals surface area (Å²) in [6.45, 7) is 6.64. The molecule has 2 rings (SSSR count). The number of rotatable bonds is 5. The Morgan fingerprint density at radius 3 is 2.65 bits per heavy atom. The lowest BCUT2D eigenvalue weighted by Crippen LogP contribution is -2.11. The largest absolute Gasteiger partial charge is 0.491 e. The Labute approximate surface area is 127 Å². The predicted octanol–water partition coefficient (Wildman–Crippen LogP) is 4.19. The van der Waals surface area contributed by atoms with E-state index in [0.29, 0.717) is 28.5 Å². The third-order valence-corrected chi connectivity index (χ3v) is 3.55. The molecular formula is C14H17ClN2O2S. The molecule has 1 aromatic heterocycles. The van der Waals surface area contributed by atoms with E-state index in [1.54, 1.807) is 6.07 Å². The molecule has 0 radical (unpaired) electrons. The lowest BCUT2D eigenvalue weighted by Gasteiger charge is -2.10. The van der Waals surface area contributed by atoms with E-state index < -0.39 is 0 Å². The van der Waals surface area contributed by atoms with E-state index in [4.69, 9.17) is 20.8 Å². The molecular weight excluding hydrogens is 296 g/mol. The number of para-hydroxylation sites is 1. The fourth-order valence-corrected chi connectivity index (χ4v) is 2.18. The van der Waals surface area contributed by atoms with Crippen molar-refractivity contribution in [3.05, 3.63) is 35.2 Å². The van der Waals surface area contributed by atoms with Gasteiger partial charge in [0.1, 0.15) is 5.75 Å². The second-order valence-electron chi connectivity index (χ2n) is 5.25. The normalized spacial score (nSPS) is 11.6. The summed E-state index contributed by atoms with van der Waals surface area (Å²) in [6.07, 6.45) is 0. The molecule has 0 aliphatic heterocycles. The van der Waals surface area contributed by atoms with Crippen molar-refractivity contribution >= 4 is 23.4 Å². The van der Waals surface area contributed by atoms with Crippen molar-refractivity contribution in [1.29, 1.82) is 0 Å². The summed E-state index contributed by atoms with van der Waals surface area (Å²) >= 11 is 7.48. The first kappa shape index (κ1) is 15.2. The number of thioether (sulfide) groups is 1. The molecule has 0 N–H and O–H groups in total. The molecule has 0 aliphatic carbocycles. The molecule has 0 bridgehead atoms. The van der Waals surface area contributed by atoms with Gasteiger partial charge in [-0.15, -0.1) is 10.2 Å². The molecule has 0 amide bonds. The summed E-state index contributed by atoms with van der Waals surface area (Å²) in [5.74, 6) is 2.06. The van der Waals surface area contributed by atoms with Crippen LogP contribution in [0.3, 0.4) is 0 Å². The Hall–Kier alpha value is -1.20. The zero-order valence-corrected chi connectivity index (χ0v) is 13.3. The summed E-state index contributed by atoms with van der Waals surface area (Å²) in [7, 11) is 0. The number of halogens is 1. The highest BCUT2D eigenvalue weighted by molar-refractivity contribution is 7.99. The molecule has 0 aliphatic rings. The van der Waals surface area contributed by atoms with Gasteiger partial charge in [0, 0.05) is 11.2 Å². The van der Waals surface area contributed by atoms with Gasteiger partial charge in [-0.1, -0.05) is 56.3 Å². The van der Waals surface area contributed by atoms with Gasteiger partial charge in [-0.3, -0.25) is 0 Å². The van der Waals surface area contributed by atoms with Crippen LogP contribution in [-0.2, 0) is 5.41 Å². The predicted molar refractivity (Wildman–Crippen MR) is 80.7 cm³/mol. The molecule has 0 unspecified atom stereocenters. The van der Waals surface area contributed by atoms with Gasteiger partial charge >= 0.3 is 0 Å². The Morgan fingerprint density at radius 1 is 1.25 bits per heavy atom. The van der Waals surface area contributed by atoms with E-state index in [1.165, 1.54) is 11.8 Å². The van der Waals surface area contributed by atoms with Gasteiger partial charge in [0.15, 0.2) is 0 Å². The molecule has 0 fully saturated rings. The maximum atomic E-state index is 6.00. The molecule has 108 valence electrons. The SMILES string of the molecule is CC(C)(C)c1nnc(SCCOc2ccccc2Cl)o1. The maximum absolute atomic E-state index is 6.00. The number of hydrogen-bond acceptors (Lipinski definition) is 5. The number of benzene rings is 1. The molecule has 1 aromatic carbocycles. The number of hydrogen-bond donors (Lipinski definition) is 0. The van der Waals surface area contributed by atoms with Crippen molar-refractivity contribution in [2.24, 2.45) is 0 Å². The minimum Gasteiger partial charge on any atom is -0.491 e. The molecule has 2 aromatic rings. The second-order valence-corrected chi connectivity index (χ2v) is 6.70. The van der Waals surface area contributed by atoms with Gasteiger partial charge in [0.05, 0.1) is 11.6 Å². The topological polar surface area (TPSA) is 48.2 Å². The molecule has 20 heavy (non-hydrogen) atoms. The maximum Gasteiger partial charge on any atom is 0.276 e. The van der Waals surface area contributed by atoms with E-state index in [1.807, 2.05) is 39.0 Å². The summed E-state index contributed by atoms with van der Waals surface area (Å²) in [4.78, 5) is 0. The van der Waals surface area contributed by atoms with E-state index in [0.717, 1.165) is 5.75 Å². The summed E-state index contributed by atoms with van der Waals surface area (Å²) < 4.78 is 11.2. The standard InChI is InChI=1S/C14H17ClN2O2S/c1-14(2,3)12-16-17-13(19-12)20-9-8-18-11-7-5-4-6-10(11)15/h4-7H,8-9H2,1-3H3. The minimum absolute atomic E-state index is 0.125. The third kappa shape index (κ3) is 4.15. The van der Waals surface area contributed by atoms with Crippen LogP contribution in [0, 0.1) is 0 Å². The third-order valence-electron chi connectivity index (χ3n) is 2.45. The van der Waals surface area contributed by atoms with E-state index in [2.05, 4.69) is 10.2 Å². The van der Waals surface area contributed by atoms with Gasteiger partial charge < -0.3 is 9.15 Å². The van der Waals surface area contributed by atoms with Crippen LogP contribution in [0.1, 0.15) is 26.7 Å². The second kappa shape index (κ2) is 6.50. The minimum atomic E-state index is -0.125. The zero-order valence-electron chi connectivity index (χ0n) is 11.7. The Bertz CT molecular complexity index is 566. The van der Waals surface area contributed by atoms with E-state index >= 15 is 0 Å². The molecule has 6 heteroatoms. The van der Waals surface area contributed by atoms with Gasteiger partial charge in [0.25, 0.3) is 5.22 Å². The molecule has 0 saturated carbocycles. The van der Waals surface area contributed by atoms with Crippen molar-refractivity contribution in [2.75, 3.05) is 12.4 Å². The first-order valence-corrected chi connectivity index (χ1v) is 7.67. The average Bonchev–Trinajstić information content (AvgIpc) is 2.85. The zero-order chi connectivity index (χ0) is 14.6. The summed E-state index contributed by atoms with van der Waals surface area (Å²) in [6, 6.07) is 7.41. The van der Waals surface area contributed by atoms with Crippen LogP contribution in [0.4, 0.5) is 0 Å². The Morgan fingerprint density at radius 2 is 2.00 bits per heavy atom. The lowest BCUT2D eigenvalue weighted by atomic mass is 9.97. The highest BCUT2D eigenvalue weighted by atomic mass is 35.5. The van der Waals surface area contributed by atoms with Crippen LogP contribution in [0.5, 0.6) is 5.75 Å². The van der Waals surface area contributed by atoms with Crippen LogP contribution in [0.25, 0.3) is 0 Å². The van der Waals surface area contributed by atoms with E-state index in [-0.39, 0.29) is 5.41 Å². The van der Waals surface area contributed by atoms with Crippen LogP contribution < -0.4 is 4.74 Å².